The van der Waals surface area contributed by atoms with Crippen LogP contribution in [0.2, 0.25) is 0 Å². The van der Waals surface area contributed by atoms with Crippen molar-refractivity contribution in [2.75, 3.05) is 0 Å². The first-order chi connectivity index (χ1) is 7.74. The van der Waals surface area contributed by atoms with E-state index in [1.807, 2.05) is 46.7 Å². The van der Waals surface area contributed by atoms with E-state index in [9.17, 15) is 0 Å². The minimum atomic E-state index is 0.956. The molecule has 0 saturated heterocycles. The van der Waals surface area contributed by atoms with Crippen LogP contribution in [0, 0.1) is 0 Å². The molecule has 3 nitrogen and oxygen atoms in total. The third kappa shape index (κ3) is 1.46. The molecule has 0 unspecified atom stereocenters. The molecule has 80 valence electrons. The standard InChI is InChI=1S/C12H10BrN3/c1-15-6-7-16-8-11(14-12(15)16)9-2-4-10(13)5-3-9/h2-8H,1H3. The predicted molar refractivity (Wildman–Crippen MR) is 67.3 cm³/mol. The van der Waals surface area contributed by atoms with Gasteiger partial charge in [-0.3, -0.25) is 4.40 Å². The van der Waals surface area contributed by atoms with Gasteiger partial charge in [-0.05, 0) is 12.1 Å². The van der Waals surface area contributed by atoms with Gasteiger partial charge in [-0.15, -0.1) is 0 Å². The van der Waals surface area contributed by atoms with Crippen molar-refractivity contribution < 1.29 is 0 Å². The Hall–Kier alpha value is -1.55. The topological polar surface area (TPSA) is 22.2 Å². The van der Waals surface area contributed by atoms with Crippen LogP contribution in [0.25, 0.3) is 17.0 Å². The summed E-state index contributed by atoms with van der Waals surface area (Å²) in [6, 6.07) is 8.18. The average Bonchev–Trinajstić information content (AvgIpc) is 2.83. The van der Waals surface area contributed by atoms with Gasteiger partial charge in [0.25, 0.3) is 0 Å². The summed E-state index contributed by atoms with van der Waals surface area (Å²) in [6.07, 6.45) is 6.04. The van der Waals surface area contributed by atoms with Gasteiger partial charge in [-0.2, -0.15) is 0 Å². The fourth-order valence-corrected chi connectivity index (χ4v) is 2.02. The van der Waals surface area contributed by atoms with Crippen molar-refractivity contribution in [3.63, 3.8) is 0 Å². The van der Waals surface area contributed by atoms with E-state index >= 15 is 0 Å². The Balaban J connectivity index is 2.15. The summed E-state index contributed by atoms with van der Waals surface area (Å²) in [5.74, 6) is 0.956. The summed E-state index contributed by atoms with van der Waals surface area (Å²) >= 11 is 3.43. The predicted octanol–water partition coefficient (Wildman–Crippen LogP) is 3.10. The van der Waals surface area contributed by atoms with Gasteiger partial charge in [0.1, 0.15) is 0 Å². The molecule has 0 fully saturated rings. The molecule has 2 heterocycles. The Morgan fingerprint density at radius 2 is 1.88 bits per heavy atom. The third-order valence-electron chi connectivity index (χ3n) is 2.62. The molecule has 3 aromatic rings. The third-order valence-corrected chi connectivity index (χ3v) is 3.15. The monoisotopic (exact) mass is 275 g/mol. The maximum absolute atomic E-state index is 4.58. The molecule has 4 heteroatoms. The SMILES string of the molecule is Cn1ccn2cc(-c3ccc(Br)cc3)nc12. The van der Waals surface area contributed by atoms with Gasteiger partial charge >= 0.3 is 0 Å². The molecule has 0 aliphatic carbocycles. The number of benzene rings is 1. The molecule has 0 radical (unpaired) electrons. The van der Waals surface area contributed by atoms with Gasteiger partial charge in [0.2, 0.25) is 5.78 Å². The summed E-state index contributed by atoms with van der Waals surface area (Å²) in [5, 5.41) is 0. The van der Waals surface area contributed by atoms with Gasteiger partial charge in [0, 0.05) is 35.7 Å². The second-order valence-electron chi connectivity index (χ2n) is 3.75. The number of hydrogen-bond donors (Lipinski definition) is 0. The van der Waals surface area contributed by atoms with Crippen molar-refractivity contribution in [1.29, 1.82) is 0 Å². The Morgan fingerprint density at radius 3 is 2.56 bits per heavy atom. The van der Waals surface area contributed by atoms with Crippen LogP contribution >= 0.6 is 15.9 Å². The van der Waals surface area contributed by atoms with Crippen molar-refractivity contribution in [2.45, 2.75) is 0 Å². The summed E-state index contributed by atoms with van der Waals surface area (Å²) in [5.41, 5.74) is 2.13. The van der Waals surface area contributed by atoms with E-state index in [1.165, 1.54) is 0 Å². The lowest BCUT2D eigenvalue weighted by atomic mass is 10.2. The normalized spacial score (nSPS) is 11.1. The highest BCUT2D eigenvalue weighted by Gasteiger charge is 2.05. The van der Waals surface area contributed by atoms with Crippen LogP contribution < -0.4 is 0 Å². The Morgan fingerprint density at radius 1 is 1.12 bits per heavy atom. The molecule has 0 spiro atoms. The number of aryl methyl sites for hydroxylation is 1. The summed E-state index contributed by atoms with van der Waals surface area (Å²) < 4.78 is 5.11. The first kappa shape index (κ1) is 9.66. The number of nitrogens with zero attached hydrogens (tertiary/aromatic N) is 3. The van der Waals surface area contributed by atoms with Crippen molar-refractivity contribution in [3.8, 4) is 11.3 Å². The number of rotatable bonds is 1. The molecule has 16 heavy (non-hydrogen) atoms. The highest BCUT2D eigenvalue weighted by Crippen LogP contribution is 2.21. The molecule has 0 saturated carbocycles. The second kappa shape index (κ2) is 3.49. The quantitative estimate of drug-likeness (QED) is 0.669. The lowest BCUT2D eigenvalue weighted by molar-refractivity contribution is 0.938. The van der Waals surface area contributed by atoms with E-state index < -0.39 is 0 Å². The Labute approximate surface area is 101 Å². The molecule has 0 atom stereocenters. The van der Waals surface area contributed by atoms with E-state index in [4.69, 9.17) is 0 Å². The molecule has 3 rings (SSSR count). The Bertz CT molecular complexity index is 634. The van der Waals surface area contributed by atoms with E-state index in [0.29, 0.717) is 0 Å². The van der Waals surface area contributed by atoms with E-state index in [-0.39, 0.29) is 0 Å². The zero-order valence-electron chi connectivity index (χ0n) is 8.76. The lowest BCUT2D eigenvalue weighted by Gasteiger charge is -1.95. The minimum absolute atomic E-state index is 0.956. The summed E-state index contributed by atoms with van der Waals surface area (Å²) in [7, 11) is 1.99. The molecule has 0 bridgehead atoms. The zero-order valence-corrected chi connectivity index (χ0v) is 10.3. The number of hydrogen-bond acceptors (Lipinski definition) is 1. The van der Waals surface area contributed by atoms with Crippen molar-refractivity contribution in [3.05, 3.63) is 47.3 Å². The molecular weight excluding hydrogens is 266 g/mol. The van der Waals surface area contributed by atoms with Crippen LogP contribution in [0.4, 0.5) is 0 Å². The van der Waals surface area contributed by atoms with Gasteiger partial charge in [0.05, 0.1) is 5.69 Å². The molecule has 0 aliphatic rings. The summed E-state index contributed by atoms with van der Waals surface area (Å²) in [4.78, 5) is 4.58. The number of halogens is 1. The largest absolute Gasteiger partial charge is 0.320 e. The van der Waals surface area contributed by atoms with Crippen LogP contribution in [0.3, 0.4) is 0 Å². The molecule has 0 N–H and O–H groups in total. The molecule has 2 aromatic heterocycles. The highest BCUT2D eigenvalue weighted by molar-refractivity contribution is 9.10. The summed E-state index contributed by atoms with van der Waals surface area (Å²) in [6.45, 7) is 0. The fraction of sp³-hybridized carbons (Fsp3) is 0.0833. The van der Waals surface area contributed by atoms with Crippen LogP contribution in [-0.2, 0) is 7.05 Å². The van der Waals surface area contributed by atoms with Crippen molar-refractivity contribution in [1.82, 2.24) is 14.0 Å². The second-order valence-corrected chi connectivity index (χ2v) is 4.67. The first-order valence-corrected chi connectivity index (χ1v) is 5.79. The lowest BCUT2D eigenvalue weighted by Crippen LogP contribution is -1.86. The van der Waals surface area contributed by atoms with E-state index in [0.717, 1.165) is 21.5 Å². The van der Waals surface area contributed by atoms with Crippen molar-refractivity contribution in [2.24, 2.45) is 7.05 Å². The van der Waals surface area contributed by atoms with Crippen molar-refractivity contribution >= 4 is 21.7 Å². The maximum atomic E-state index is 4.58. The van der Waals surface area contributed by atoms with Gasteiger partial charge < -0.3 is 4.57 Å². The van der Waals surface area contributed by atoms with Crippen LogP contribution in [-0.4, -0.2) is 14.0 Å². The smallest absolute Gasteiger partial charge is 0.214 e. The van der Waals surface area contributed by atoms with Gasteiger partial charge in [-0.25, -0.2) is 4.98 Å². The van der Waals surface area contributed by atoms with Crippen LogP contribution in [0.5, 0.6) is 0 Å². The molecule has 0 aliphatic heterocycles. The molecule has 0 amide bonds. The zero-order chi connectivity index (χ0) is 11.1. The fourth-order valence-electron chi connectivity index (χ4n) is 1.75. The van der Waals surface area contributed by atoms with E-state index in [2.05, 4.69) is 33.0 Å². The minimum Gasteiger partial charge on any atom is -0.320 e. The molecular formula is C12H10BrN3. The Kier molecular flexibility index (Phi) is 2.11. The first-order valence-electron chi connectivity index (χ1n) is 5.00. The number of imidazole rings is 2. The van der Waals surface area contributed by atoms with Gasteiger partial charge in [0.15, 0.2) is 0 Å². The van der Waals surface area contributed by atoms with Crippen LogP contribution in [0.1, 0.15) is 0 Å². The molecule has 1 aromatic carbocycles. The number of aromatic nitrogens is 3. The average molecular weight is 276 g/mol. The van der Waals surface area contributed by atoms with Crippen LogP contribution in [0.15, 0.2) is 47.3 Å². The van der Waals surface area contributed by atoms with E-state index in [1.54, 1.807) is 0 Å². The van der Waals surface area contributed by atoms with Gasteiger partial charge in [-0.1, -0.05) is 28.1 Å². The number of fused-ring (bicyclic) bond motifs is 1. The maximum Gasteiger partial charge on any atom is 0.214 e. The highest BCUT2D eigenvalue weighted by atomic mass is 79.9.